The molecule has 0 spiro atoms. The summed E-state index contributed by atoms with van der Waals surface area (Å²) in [7, 11) is 0. The molecule has 3 nitrogen and oxygen atoms in total. The Morgan fingerprint density at radius 3 is 2.09 bits per heavy atom. The van der Waals surface area contributed by atoms with E-state index >= 15 is 0 Å². The van der Waals surface area contributed by atoms with E-state index in [1.54, 1.807) is 8.79 Å². The number of benzene rings is 4. The zero-order valence-corrected chi connectivity index (χ0v) is 35.9. The molecule has 1 N–H and O–H groups in total. The Hall–Kier alpha value is -2.76. The number of aliphatic hydroxyl groups is 1. The van der Waals surface area contributed by atoms with Crippen molar-refractivity contribution in [3.05, 3.63) is 109 Å². The Labute approximate surface area is 300 Å². The average molecular weight is 922 g/mol. The van der Waals surface area contributed by atoms with Crippen molar-refractivity contribution in [2.24, 2.45) is 0 Å². The van der Waals surface area contributed by atoms with E-state index in [2.05, 4.69) is 134 Å². The Balaban J connectivity index is 0.000000565. The number of aliphatic hydroxyl groups excluding tert-OH is 1. The molecule has 0 saturated carbocycles. The van der Waals surface area contributed by atoms with E-state index in [4.69, 9.17) is 10.1 Å². The fraction of sp³-hybridized carbons (Fsp3) is 0.268. The molecule has 2 heterocycles. The first-order valence-electron chi connectivity index (χ1n) is 16.1. The Morgan fingerprint density at radius 1 is 0.872 bits per heavy atom. The van der Waals surface area contributed by atoms with Gasteiger partial charge in [-0.2, -0.15) is 0 Å². The molecular formula is C41H46Ge2IrNO2-. The molecule has 245 valence electrons. The van der Waals surface area contributed by atoms with Crippen molar-refractivity contribution in [1.82, 2.24) is 4.98 Å². The van der Waals surface area contributed by atoms with E-state index in [9.17, 15) is 4.79 Å². The number of ketones is 1. The fourth-order valence-corrected chi connectivity index (χ4v) is 16.1. The number of pyridine rings is 1. The van der Waals surface area contributed by atoms with E-state index < -0.39 is 26.5 Å². The van der Waals surface area contributed by atoms with Crippen LogP contribution in [0.2, 0.25) is 28.8 Å². The molecule has 1 aromatic heterocycles. The maximum atomic E-state index is 10.0. The first kappa shape index (κ1) is 37.1. The van der Waals surface area contributed by atoms with Gasteiger partial charge in [-0.05, 0) is 13.8 Å². The minimum absolute atomic E-state index is 0. The topological polar surface area (TPSA) is 50.2 Å². The number of nitrogens with zero attached hydrogens (tertiary/aromatic N) is 1. The summed E-state index contributed by atoms with van der Waals surface area (Å²) in [4.78, 5) is 15.1. The Bertz CT molecular complexity index is 1980. The van der Waals surface area contributed by atoms with Crippen LogP contribution in [0.15, 0.2) is 96.9 Å². The first-order chi connectivity index (χ1) is 21.5. The predicted molar refractivity (Wildman–Crippen MR) is 202 cm³/mol. The molecule has 0 bridgehead atoms. The summed E-state index contributed by atoms with van der Waals surface area (Å²) < 4.78 is 4.61. The van der Waals surface area contributed by atoms with Crippen LogP contribution < -0.4 is 13.2 Å². The van der Waals surface area contributed by atoms with Gasteiger partial charge in [-0.1, -0.05) is 0 Å². The zero-order valence-electron chi connectivity index (χ0n) is 29.3. The number of fused-ring (bicyclic) bond motifs is 4. The van der Waals surface area contributed by atoms with Crippen LogP contribution in [-0.2, 0) is 30.3 Å². The molecular weight excluding hydrogens is 876 g/mol. The van der Waals surface area contributed by atoms with Crippen LogP contribution in [0.1, 0.15) is 40.2 Å². The quantitative estimate of drug-likeness (QED) is 0.0848. The molecule has 6 heteroatoms. The molecule has 0 amide bonds. The number of allylic oxidation sites excluding steroid dienone is 2. The Morgan fingerprint density at radius 2 is 1.51 bits per heavy atom. The van der Waals surface area contributed by atoms with E-state index in [0.29, 0.717) is 0 Å². The smallest absolute Gasteiger partial charge is 0 e. The van der Waals surface area contributed by atoms with Gasteiger partial charge < -0.3 is 5.11 Å². The third-order valence-electron chi connectivity index (χ3n) is 8.89. The van der Waals surface area contributed by atoms with E-state index in [1.165, 1.54) is 62.9 Å². The molecule has 1 radical (unpaired) electrons. The Kier molecular flexibility index (Phi) is 11.0. The molecule has 47 heavy (non-hydrogen) atoms. The van der Waals surface area contributed by atoms with Crippen LogP contribution in [0.25, 0.3) is 44.3 Å². The van der Waals surface area contributed by atoms with Crippen molar-refractivity contribution in [3.63, 3.8) is 0 Å². The number of carbonyl (C=O) groups is 1. The van der Waals surface area contributed by atoms with E-state index in [0.717, 1.165) is 11.3 Å². The minimum Gasteiger partial charge on any atom is 0 e. The van der Waals surface area contributed by atoms with Gasteiger partial charge in [0.1, 0.15) is 0 Å². The van der Waals surface area contributed by atoms with E-state index in [1.807, 2.05) is 6.20 Å². The van der Waals surface area contributed by atoms with Crippen LogP contribution in [0.5, 0.6) is 0 Å². The average Bonchev–Trinajstić information content (AvgIpc) is 3.21. The summed E-state index contributed by atoms with van der Waals surface area (Å²) in [5, 5.41) is 10.8. The molecule has 5 aromatic rings. The second-order valence-electron chi connectivity index (χ2n) is 15.1. The first-order valence-corrected chi connectivity index (χ1v) is 29.7. The SMILES string of the molecule is CC(=O)/C=C(/C)O.CC(C)(C)c1cc(-c2nccc3[c]2[Ge]([CH3])([CH3])[c]2cc(-c4cc[c]([Ge]([CH3])([CH3])[CH3])cc4)ccc2-3)[c-]c2ccccc12.[Ir]. The van der Waals surface area contributed by atoms with Gasteiger partial charge >= 0.3 is 241 Å². The van der Waals surface area contributed by atoms with Crippen molar-refractivity contribution in [2.75, 3.05) is 0 Å². The molecule has 0 fully saturated rings. The monoisotopic (exact) mass is 925 g/mol. The third kappa shape index (κ3) is 7.78. The van der Waals surface area contributed by atoms with Gasteiger partial charge in [-0.25, -0.2) is 0 Å². The van der Waals surface area contributed by atoms with Crippen LogP contribution in [0.3, 0.4) is 0 Å². The number of hydrogen-bond donors (Lipinski definition) is 1. The standard InChI is InChI=1S/C36H38Ge2N.C5H8O2.Ir/c1-36(2,3)32-22-27(21-26-11-9-10-12-29(26)32)35-34-31(19-20-39-35)30-18-15-25(23-33(30)38(34,7)8)24-13-16-28(17-14-24)37(4,5)6;1-4(6)3-5(2)7;/h9-20,22-23H,1-8H3;3,6H,1-2H3;/q-1;;/b;4-3-;. The summed E-state index contributed by atoms with van der Waals surface area (Å²) in [6.07, 6.45) is 3.17. The van der Waals surface area contributed by atoms with Crippen LogP contribution >= 0.6 is 0 Å². The van der Waals surface area contributed by atoms with E-state index in [-0.39, 0.29) is 37.1 Å². The van der Waals surface area contributed by atoms with Crippen molar-refractivity contribution >= 4 is 56.3 Å². The number of carbonyl (C=O) groups excluding carboxylic acids is 1. The van der Waals surface area contributed by atoms with Gasteiger partial charge in [0.2, 0.25) is 0 Å². The largest absolute Gasteiger partial charge is 0 e. The molecule has 0 aliphatic carbocycles. The van der Waals surface area contributed by atoms with Crippen molar-refractivity contribution in [1.29, 1.82) is 0 Å². The maximum Gasteiger partial charge on any atom is 0 e. The van der Waals surface area contributed by atoms with Gasteiger partial charge in [0.25, 0.3) is 0 Å². The second kappa shape index (κ2) is 14.0. The predicted octanol–water partition coefficient (Wildman–Crippen LogP) is 9.05. The molecule has 0 saturated heterocycles. The summed E-state index contributed by atoms with van der Waals surface area (Å²) in [6, 6.07) is 33.7. The number of hydrogen-bond acceptors (Lipinski definition) is 3. The molecule has 0 atom stereocenters. The number of rotatable bonds is 4. The molecule has 4 aromatic carbocycles. The summed E-state index contributed by atoms with van der Waals surface area (Å²) >= 11 is -4.49. The summed E-state index contributed by atoms with van der Waals surface area (Å²) in [5.74, 6) is 12.4. The van der Waals surface area contributed by atoms with Gasteiger partial charge in [0.15, 0.2) is 5.78 Å². The van der Waals surface area contributed by atoms with Crippen molar-refractivity contribution < 1.29 is 30.0 Å². The van der Waals surface area contributed by atoms with Crippen LogP contribution in [0, 0.1) is 6.07 Å². The maximum absolute atomic E-state index is 10.0. The summed E-state index contributed by atoms with van der Waals surface area (Å²) in [6.45, 7) is 9.76. The molecule has 0 unspecified atom stereocenters. The fourth-order valence-electron chi connectivity index (χ4n) is 6.57. The number of aromatic nitrogens is 1. The summed E-state index contributed by atoms with van der Waals surface area (Å²) in [5.41, 5.74) is 9.08. The van der Waals surface area contributed by atoms with Crippen LogP contribution in [0.4, 0.5) is 0 Å². The van der Waals surface area contributed by atoms with Gasteiger partial charge in [-0.3, -0.25) is 4.79 Å². The molecule has 1 aliphatic rings. The second-order valence-corrected chi connectivity index (χ2v) is 34.7. The zero-order chi connectivity index (χ0) is 33.6. The van der Waals surface area contributed by atoms with Gasteiger partial charge in [-0.15, -0.1) is 0 Å². The normalized spacial score (nSPS) is 13.6. The molecule has 6 rings (SSSR count). The van der Waals surface area contributed by atoms with Gasteiger partial charge in [0.05, 0.1) is 5.76 Å². The van der Waals surface area contributed by atoms with Gasteiger partial charge in [0, 0.05) is 26.2 Å². The van der Waals surface area contributed by atoms with Crippen molar-refractivity contribution in [3.8, 4) is 33.5 Å². The third-order valence-corrected chi connectivity index (χ3v) is 20.6. The van der Waals surface area contributed by atoms with Crippen molar-refractivity contribution in [2.45, 2.75) is 68.8 Å². The van der Waals surface area contributed by atoms with Crippen LogP contribution in [-0.4, -0.2) is 42.4 Å². The minimum atomic E-state index is -2.66. The molecule has 1 aliphatic heterocycles.